The number of benzene rings is 1. The molecule has 0 aliphatic heterocycles. The molecule has 0 bridgehead atoms. The fourth-order valence-corrected chi connectivity index (χ4v) is 2.31. The second kappa shape index (κ2) is 8.48. The van der Waals surface area contributed by atoms with Gasteiger partial charge in [-0.15, -0.1) is 6.07 Å². The molecule has 0 aliphatic carbocycles. The van der Waals surface area contributed by atoms with Crippen molar-refractivity contribution >= 4 is 11.6 Å². The van der Waals surface area contributed by atoms with Gasteiger partial charge in [0.15, 0.2) is 12.2 Å². The summed E-state index contributed by atoms with van der Waals surface area (Å²) in [5, 5.41) is 8.95. The van der Waals surface area contributed by atoms with Gasteiger partial charge < -0.3 is 9.30 Å². The number of halogens is 1. The topological polar surface area (TPSA) is 55.0 Å². The van der Waals surface area contributed by atoms with Crippen LogP contribution in [0.25, 0.3) is 11.3 Å². The standard InChI is InChI=1S/C16H14ClN2O2.Y/c1-3-19-15(7-4-11(2)16(19)20)13-6-5-12(10-14(13)17)21-9-8-18;/h4-6,10H,3,9H2,1-2H3;/q-1;. The van der Waals surface area contributed by atoms with Gasteiger partial charge >= 0.3 is 0 Å². The second-order valence-corrected chi connectivity index (χ2v) is 4.87. The van der Waals surface area contributed by atoms with Crippen molar-refractivity contribution in [1.29, 1.82) is 5.26 Å². The van der Waals surface area contributed by atoms with Gasteiger partial charge in [-0.05, 0) is 24.1 Å². The molecule has 2 aromatic rings. The number of rotatable bonds is 4. The number of pyridine rings is 1. The molecule has 0 fully saturated rings. The van der Waals surface area contributed by atoms with Gasteiger partial charge in [0.1, 0.15) is 11.8 Å². The number of ether oxygens (including phenoxy) is 1. The fourth-order valence-electron chi connectivity index (χ4n) is 2.05. The number of aromatic nitrogens is 1. The maximum atomic E-state index is 12.2. The van der Waals surface area contributed by atoms with Crippen molar-refractivity contribution in [3.63, 3.8) is 0 Å². The molecular formula is C16H14ClN2O2Y-. The van der Waals surface area contributed by atoms with Gasteiger partial charge in [0.2, 0.25) is 0 Å². The number of hydrogen-bond acceptors (Lipinski definition) is 3. The first kappa shape index (κ1) is 18.9. The van der Waals surface area contributed by atoms with E-state index in [-0.39, 0.29) is 44.9 Å². The minimum Gasteiger partial charge on any atom is -0.479 e. The molecule has 0 saturated heterocycles. The smallest absolute Gasteiger partial charge is 0.197 e. The van der Waals surface area contributed by atoms with Crippen molar-refractivity contribution in [3.05, 3.63) is 51.3 Å². The van der Waals surface area contributed by atoms with Crippen molar-refractivity contribution in [3.8, 4) is 23.1 Å². The summed E-state index contributed by atoms with van der Waals surface area (Å²) < 4.78 is 6.83. The normalized spacial score (nSPS) is 9.73. The molecule has 4 nitrogen and oxygen atoms in total. The second-order valence-electron chi connectivity index (χ2n) is 4.46. The van der Waals surface area contributed by atoms with Crippen molar-refractivity contribution in [2.75, 3.05) is 6.61 Å². The molecule has 111 valence electrons. The van der Waals surface area contributed by atoms with E-state index >= 15 is 0 Å². The van der Waals surface area contributed by atoms with Gasteiger partial charge in [0.05, 0.1) is 0 Å². The quantitative estimate of drug-likeness (QED) is 0.753. The first-order valence-electron chi connectivity index (χ1n) is 6.50. The van der Waals surface area contributed by atoms with Gasteiger partial charge in [-0.1, -0.05) is 35.3 Å². The molecular weight excluding hydrogens is 377 g/mol. The van der Waals surface area contributed by atoms with Crippen molar-refractivity contribution in [1.82, 2.24) is 4.57 Å². The average Bonchev–Trinajstić information content (AvgIpc) is 2.48. The van der Waals surface area contributed by atoms with Crippen LogP contribution in [-0.4, -0.2) is 11.2 Å². The molecule has 1 heterocycles. The summed E-state index contributed by atoms with van der Waals surface area (Å²) in [7, 11) is 0. The molecule has 0 amide bonds. The Hall–Kier alpha value is -1.15. The van der Waals surface area contributed by atoms with Crippen molar-refractivity contribution in [2.24, 2.45) is 0 Å². The maximum absolute atomic E-state index is 12.2. The summed E-state index contributed by atoms with van der Waals surface area (Å²) in [6, 6.07) is 11.8. The van der Waals surface area contributed by atoms with Gasteiger partial charge in [-0.2, -0.15) is 17.4 Å². The summed E-state index contributed by atoms with van der Waals surface area (Å²) in [4.78, 5) is 12.2. The predicted octanol–water partition coefficient (Wildman–Crippen LogP) is 3.20. The molecule has 22 heavy (non-hydrogen) atoms. The van der Waals surface area contributed by atoms with Crippen LogP contribution in [0.3, 0.4) is 0 Å². The molecule has 1 radical (unpaired) electrons. The van der Waals surface area contributed by atoms with Gasteiger partial charge in [-0.25, -0.2) is 0 Å². The summed E-state index contributed by atoms with van der Waals surface area (Å²) in [6.07, 6.45) is 0. The molecule has 0 N–H and O–H groups in total. The van der Waals surface area contributed by atoms with Crippen molar-refractivity contribution in [2.45, 2.75) is 20.4 Å². The number of nitrogens with zero attached hydrogens (tertiary/aromatic N) is 2. The molecule has 2 rings (SSSR count). The van der Waals surface area contributed by atoms with E-state index in [1.807, 2.05) is 13.0 Å². The van der Waals surface area contributed by atoms with E-state index in [1.165, 1.54) is 0 Å². The Morgan fingerprint density at radius 2 is 2.18 bits per heavy atom. The average molecular weight is 391 g/mol. The Labute approximate surface area is 159 Å². The first-order valence-corrected chi connectivity index (χ1v) is 6.88. The van der Waals surface area contributed by atoms with Crippen LogP contribution in [0.1, 0.15) is 12.5 Å². The van der Waals surface area contributed by atoms with Crippen LogP contribution >= 0.6 is 11.6 Å². The van der Waals surface area contributed by atoms with Crippen molar-refractivity contribution < 1.29 is 37.4 Å². The molecule has 6 heteroatoms. The van der Waals surface area contributed by atoms with E-state index in [0.717, 1.165) is 0 Å². The minimum atomic E-state index is -0.0490. The van der Waals surface area contributed by atoms with E-state index in [9.17, 15) is 4.79 Å². The Bertz CT molecular complexity index is 766. The van der Waals surface area contributed by atoms with E-state index in [1.54, 1.807) is 35.8 Å². The third-order valence-corrected chi connectivity index (χ3v) is 3.41. The number of nitriles is 1. The van der Waals surface area contributed by atoms with E-state index in [0.29, 0.717) is 34.1 Å². The number of aryl methyl sites for hydroxylation is 1. The van der Waals surface area contributed by atoms with Crippen LogP contribution in [0.4, 0.5) is 0 Å². The Morgan fingerprint density at radius 3 is 2.77 bits per heavy atom. The van der Waals surface area contributed by atoms with Crippen LogP contribution < -0.4 is 10.3 Å². The summed E-state index contributed by atoms with van der Waals surface area (Å²) in [5.74, 6) is 0.516. The fraction of sp³-hybridized carbons (Fsp3) is 0.250. The van der Waals surface area contributed by atoms with Gasteiger partial charge in [0, 0.05) is 39.3 Å². The molecule has 1 aromatic heterocycles. The van der Waals surface area contributed by atoms with Crippen LogP contribution in [0.15, 0.2) is 29.1 Å². The zero-order valence-corrected chi connectivity index (χ0v) is 16.0. The van der Waals surface area contributed by atoms with E-state index in [2.05, 4.69) is 6.07 Å². The first-order chi connectivity index (χ1) is 10.1. The predicted molar refractivity (Wildman–Crippen MR) is 81.5 cm³/mol. The van der Waals surface area contributed by atoms with Gasteiger partial charge in [-0.3, -0.25) is 4.79 Å². The van der Waals surface area contributed by atoms with Crippen LogP contribution in [0.2, 0.25) is 5.02 Å². The third-order valence-electron chi connectivity index (χ3n) is 3.09. The minimum absolute atomic E-state index is 0. The summed E-state index contributed by atoms with van der Waals surface area (Å²) >= 11 is 6.27. The molecule has 0 saturated carbocycles. The largest absolute Gasteiger partial charge is 0.479 e. The molecule has 0 atom stereocenters. The maximum Gasteiger partial charge on any atom is 0.197 e. The van der Waals surface area contributed by atoms with Crippen LogP contribution in [-0.2, 0) is 39.3 Å². The molecule has 0 aliphatic rings. The zero-order valence-electron chi connectivity index (χ0n) is 12.4. The van der Waals surface area contributed by atoms with E-state index < -0.39 is 0 Å². The monoisotopic (exact) mass is 390 g/mol. The SMILES string of the molecule is CCn1c(-c2ccc(OCC#N)cc2Cl)[c-]cc(C)c1=O.[Y]. The Balaban J connectivity index is 0.00000242. The van der Waals surface area contributed by atoms with Crippen LogP contribution in [0.5, 0.6) is 5.75 Å². The molecule has 1 aromatic carbocycles. The Kier molecular flexibility index (Phi) is 7.28. The molecule has 0 spiro atoms. The number of hydrogen-bond donors (Lipinski definition) is 0. The molecule has 0 unspecified atom stereocenters. The Morgan fingerprint density at radius 1 is 1.45 bits per heavy atom. The zero-order chi connectivity index (χ0) is 15.4. The summed E-state index contributed by atoms with van der Waals surface area (Å²) in [6.45, 7) is 4.16. The van der Waals surface area contributed by atoms with Gasteiger partial charge in [0.25, 0.3) is 0 Å². The van der Waals surface area contributed by atoms with Crippen LogP contribution in [0, 0.1) is 24.3 Å². The third kappa shape index (κ3) is 3.98. The summed E-state index contributed by atoms with van der Waals surface area (Å²) in [5.41, 5.74) is 1.95. The van der Waals surface area contributed by atoms with E-state index in [4.69, 9.17) is 21.6 Å².